The topological polar surface area (TPSA) is 26.0 Å². The predicted molar refractivity (Wildman–Crippen MR) is 106 cm³/mol. The molecule has 0 saturated carbocycles. The van der Waals surface area contributed by atoms with Crippen molar-refractivity contribution in [1.82, 2.24) is 19.2 Å². The zero-order valence-corrected chi connectivity index (χ0v) is 16.3. The van der Waals surface area contributed by atoms with Gasteiger partial charge >= 0.3 is 6.18 Å². The second-order valence-electron chi connectivity index (χ2n) is 6.86. The number of halogens is 4. The predicted octanol–water partition coefficient (Wildman–Crippen LogP) is 5.45. The molecule has 3 heterocycles. The molecule has 1 aliphatic rings. The van der Waals surface area contributed by atoms with Crippen molar-refractivity contribution in [2.45, 2.75) is 18.8 Å². The lowest BCUT2D eigenvalue weighted by Gasteiger charge is -2.25. The van der Waals surface area contributed by atoms with Gasteiger partial charge < -0.3 is 9.47 Å². The van der Waals surface area contributed by atoms with Gasteiger partial charge in [-0.05, 0) is 48.2 Å². The molecule has 150 valence electrons. The zero-order chi connectivity index (χ0) is 20.6. The van der Waals surface area contributed by atoms with E-state index < -0.39 is 11.9 Å². The molecular weight excluding hydrogens is 401 g/mol. The molecule has 0 aliphatic carbocycles. The third kappa shape index (κ3) is 4.10. The summed E-state index contributed by atoms with van der Waals surface area (Å²) in [6.07, 6.45) is 7.25. The minimum absolute atomic E-state index is 0.0878. The molecule has 29 heavy (non-hydrogen) atoms. The Balaban J connectivity index is 1.67. The van der Waals surface area contributed by atoms with Gasteiger partial charge in [-0.25, -0.2) is 4.68 Å². The van der Waals surface area contributed by atoms with Crippen LogP contribution in [-0.4, -0.2) is 26.3 Å². The van der Waals surface area contributed by atoms with E-state index in [2.05, 4.69) is 16.1 Å². The first-order valence-electron chi connectivity index (χ1n) is 8.96. The second-order valence-corrected chi connectivity index (χ2v) is 7.30. The summed E-state index contributed by atoms with van der Waals surface area (Å²) in [6.45, 7) is 0.242. The van der Waals surface area contributed by atoms with Gasteiger partial charge in [-0.15, -0.1) is 0 Å². The van der Waals surface area contributed by atoms with Crippen LogP contribution in [0.25, 0.3) is 5.69 Å². The first kappa shape index (κ1) is 19.4. The summed E-state index contributed by atoms with van der Waals surface area (Å²) in [6, 6.07) is 9.75. The maximum Gasteiger partial charge on any atom is 0.435 e. The van der Waals surface area contributed by atoms with E-state index in [0.717, 1.165) is 11.6 Å². The van der Waals surface area contributed by atoms with Crippen LogP contribution in [0.5, 0.6) is 0 Å². The van der Waals surface area contributed by atoms with Gasteiger partial charge in [0.25, 0.3) is 0 Å². The lowest BCUT2D eigenvalue weighted by molar-refractivity contribution is -0.141. The van der Waals surface area contributed by atoms with Crippen molar-refractivity contribution < 1.29 is 13.2 Å². The van der Waals surface area contributed by atoms with Crippen molar-refractivity contribution in [3.63, 3.8) is 0 Å². The van der Waals surface area contributed by atoms with E-state index in [1.54, 1.807) is 24.3 Å². The highest BCUT2D eigenvalue weighted by molar-refractivity contribution is 6.30. The molecule has 0 radical (unpaired) electrons. The van der Waals surface area contributed by atoms with E-state index in [4.69, 9.17) is 11.6 Å². The molecule has 0 saturated heterocycles. The van der Waals surface area contributed by atoms with Gasteiger partial charge in [-0.2, -0.15) is 18.3 Å². The summed E-state index contributed by atoms with van der Waals surface area (Å²) < 4.78 is 43.0. The highest BCUT2D eigenvalue weighted by atomic mass is 35.5. The molecule has 1 aromatic carbocycles. The molecule has 0 fully saturated rings. The number of likely N-dealkylation sites (N-methyl/N-ethyl adjacent to an activating group) is 1. The van der Waals surface area contributed by atoms with Gasteiger partial charge in [-0.3, -0.25) is 0 Å². The molecule has 8 heteroatoms. The van der Waals surface area contributed by atoms with Gasteiger partial charge in [0, 0.05) is 24.5 Å². The monoisotopic (exact) mass is 418 g/mol. The van der Waals surface area contributed by atoms with Gasteiger partial charge in [0.05, 0.1) is 24.0 Å². The number of hydrogen-bond donors (Lipinski definition) is 0. The smallest absolute Gasteiger partial charge is 0.370 e. The highest BCUT2D eigenvalue weighted by Gasteiger charge is 2.35. The van der Waals surface area contributed by atoms with Crippen LogP contribution < -0.4 is 0 Å². The van der Waals surface area contributed by atoms with E-state index in [0.29, 0.717) is 16.4 Å². The SMILES string of the molecule is CN1C=CC=CC1c1ccn(Cc2cc(C(F)(F)F)nn2-c2cccc(Cl)c2)c1. The Kier molecular flexibility index (Phi) is 5.00. The Bertz CT molecular complexity index is 1080. The normalized spacial score (nSPS) is 16.6. The quantitative estimate of drug-likeness (QED) is 0.563. The molecule has 2 aromatic heterocycles. The summed E-state index contributed by atoms with van der Waals surface area (Å²) in [5.74, 6) is 0. The second kappa shape index (κ2) is 7.48. The average molecular weight is 419 g/mol. The Morgan fingerprint density at radius 2 is 1.97 bits per heavy atom. The lowest BCUT2D eigenvalue weighted by atomic mass is 10.1. The summed E-state index contributed by atoms with van der Waals surface area (Å²) in [5, 5.41) is 4.22. The van der Waals surface area contributed by atoms with E-state index >= 15 is 0 Å². The summed E-state index contributed by atoms with van der Waals surface area (Å²) in [4.78, 5) is 2.07. The van der Waals surface area contributed by atoms with E-state index in [1.165, 1.54) is 4.68 Å². The highest BCUT2D eigenvalue weighted by Crippen LogP contribution is 2.31. The molecule has 0 N–H and O–H groups in total. The van der Waals surface area contributed by atoms with Gasteiger partial charge in [-0.1, -0.05) is 29.8 Å². The molecule has 4 nitrogen and oxygen atoms in total. The maximum absolute atomic E-state index is 13.3. The molecule has 0 amide bonds. The number of benzene rings is 1. The summed E-state index contributed by atoms with van der Waals surface area (Å²) in [5.41, 5.74) is 1.02. The Morgan fingerprint density at radius 3 is 2.69 bits per heavy atom. The third-order valence-corrected chi connectivity index (χ3v) is 4.99. The Hall–Kier alpha value is -2.93. The van der Waals surface area contributed by atoms with Gasteiger partial charge in [0.15, 0.2) is 5.69 Å². The molecule has 1 aliphatic heterocycles. The average Bonchev–Trinajstić information content (AvgIpc) is 3.29. The van der Waals surface area contributed by atoms with E-state index in [9.17, 15) is 13.2 Å². The number of aromatic nitrogens is 3. The first-order valence-corrected chi connectivity index (χ1v) is 9.34. The van der Waals surface area contributed by atoms with Crippen LogP contribution in [0.3, 0.4) is 0 Å². The van der Waals surface area contributed by atoms with Gasteiger partial charge in [0.1, 0.15) is 0 Å². The van der Waals surface area contributed by atoms with Crippen molar-refractivity contribution in [3.8, 4) is 5.69 Å². The van der Waals surface area contributed by atoms with Crippen LogP contribution >= 0.6 is 11.6 Å². The molecule has 0 bridgehead atoms. The standard InChI is InChI=1S/C21H18ClF3N4/c1-27-9-3-2-7-19(27)15-8-10-28(13-15)14-18-12-20(21(23,24)25)26-29(18)17-6-4-5-16(22)11-17/h2-13,19H,14H2,1H3. The minimum atomic E-state index is -4.53. The summed E-state index contributed by atoms with van der Waals surface area (Å²) >= 11 is 6.02. The molecular formula is C21H18ClF3N4. The minimum Gasteiger partial charge on any atom is -0.370 e. The Labute approximate surface area is 171 Å². The fourth-order valence-electron chi connectivity index (χ4n) is 3.35. The zero-order valence-electron chi connectivity index (χ0n) is 15.5. The van der Waals surface area contributed by atoms with Crippen molar-refractivity contribution in [3.05, 3.63) is 95.2 Å². The number of rotatable bonds is 4. The number of alkyl halides is 3. The van der Waals surface area contributed by atoms with Crippen LogP contribution in [-0.2, 0) is 12.7 Å². The van der Waals surface area contributed by atoms with E-state index in [-0.39, 0.29) is 12.6 Å². The third-order valence-electron chi connectivity index (χ3n) is 4.75. The van der Waals surface area contributed by atoms with E-state index in [1.807, 2.05) is 48.4 Å². The summed E-state index contributed by atoms with van der Waals surface area (Å²) in [7, 11) is 1.98. The number of allylic oxidation sites excluding steroid dienone is 2. The molecule has 0 spiro atoms. The number of hydrogen-bond acceptors (Lipinski definition) is 2. The van der Waals surface area contributed by atoms with Crippen LogP contribution in [0.4, 0.5) is 13.2 Å². The fourth-order valence-corrected chi connectivity index (χ4v) is 3.54. The molecule has 1 unspecified atom stereocenters. The van der Waals surface area contributed by atoms with Crippen LogP contribution in [0.1, 0.15) is 23.0 Å². The van der Waals surface area contributed by atoms with Crippen molar-refractivity contribution >= 4 is 11.6 Å². The molecule has 1 atom stereocenters. The van der Waals surface area contributed by atoms with Crippen molar-refractivity contribution in [2.75, 3.05) is 7.05 Å². The lowest BCUT2D eigenvalue weighted by Crippen LogP contribution is -2.18. The van der Waals surface area contributed by atoms with Crippen LogP contribution in [0, 0.1) is 0 Å². The Morgan fingerprint density at radius 1 is 1.14 bits per heavy atom. The van der Waals surface area contributed by atoms with Crippen molar-refractivity contribution in [2.24, 2.45) is 0 Å². The largest absolute Gasteiger partial charge is 0.435 e. The maximum atomic E-state index is 13.3. The number of nitrogens with zero attached hydrogens (tertiary/aromatic N) is 4. The molecule has 4 rings (SSSR count). The van der Waals surface area contributed by atoms with Crippen LogP contribution in [0.15, 0.2) is 73.2 Å². The van der Waals surface area contributed by atoms with Crippen molar-refractivity contribution in [1.29, 1.82) is 0 Å². The van der Waals surface area contributed by atoms with Crippen LogP contribution in [0.2, 0.25) is 5.02 Å². The fraction of sp³-hybridized carbons (Fsp3) is 0.190. The molecule has 3 aromatic rings. The first-order chi connectivity index (χ1) is 13.8. The van der Waals surface area contributed by atoms with Gasteiger partial charge in [0.2, 0.25) is 0 Å².